The summed E-state index contributed by atoms with van der Waals surface area (Å²) < 4.78 is 10.2. The van der Waals surface area contributed by atoms with Crippen LogP contribution < -0.4 is 0 Å². The number of rotatable bonds is 7. The molecule has 4 heteroatoms. The van der Waals surface area contributed by atoms with Crippen LogP contribution >= 0.6 is 0 Å². The van der Waals surface area contributed by atoms with Crippen molar-refractivity contribution in [2.24, 2.45) is 0 Å². The summed E-state index contributed by atoms with van der Waals surface area (Å²) >= 11 is 0. The lowest BCUT2D eigenvalue weighted by Crippen LogP contribution is -2.33. The van der Waals surface area contributed by atoms with E-state index in [1.54, 1.807) is 6.08 Å². The molecule has 0 radical (unpaired) electrons. The summed E-state index contributed by atoms with van der Waals surface area (Å²) in [5, 5.41) is 0. The molecule has 0 rings (SSSR count). The maximum Gasteiger partial charge on any atom is 0.304 e. The highest BCUT2D eigenvalue weighted by Crippen LogP contribution is 2.10. The van der Waals surface area contributed by atoms with Gasteiger partial charge in [0, 0.05) is 26.7 Å². The first-order valence-electron chi connectivity index (χ1n) is 6.45. The van der Waals surface area contributed by atoms with Crippen molar-refractivity contribution < 1.29 is 19.1 Å². The molecular formula is C15H22O4. The third-order valence-corrected chi connectivity index (χ3v) is 2.25. The maximum absolute atomic E-state index is 11.1. The van der Waals surface area contributed by atoms with Gasteiger partial charge in [-0.1, -0.05) is 31.3 Å². The Morgan fingerprint density at radius 2 is 1.89 bits per heavy atom. The SMILES string of the molecule is C=CC[C@H](OC(C)=O)[C@H](C#CCCCC)OC(C)=O. The van der Waals surface area contributed by atoms with Crippen LogP contribution in [0.2, 0.25) is 0 Å². The van der Waals surface area contributed by atoms with E-state index in [2.05, 4.69) is 25.3 Å². The molecule has 0 saturated heterocycles. The zero-order chi connectivity index (χ0) is 14.7. The van der Waals surface area contributed by atoms with Gasteiger partial charge in [0.1, 0.15) is 0 Å². The van der Waals surface area contributed by atoms with Crippen LogP contribution in [0.3, 0.4) is 0 Å². The molecule has 106 valence electrons. The third kappa shape index (κ3) is 8.90. The Morgan fingerprint density at radius 3 is 2.37 bits per heavy atom. The lowest BCUT2D eigenvalue weighted by Gasteiger charge is -2.21. The summed E-state index contributed by atoms with van der Waals surface area (Å²) in [5.41, 5.74) is 0. The molecule has 0 aromatic heterocycles. The normalized spacial score (nSPS) is 12.6. The summed E-state index contributed by atoms with van der Waals surface area (Å²) in [7, 11) is 0. The average Bonchev–Trinajstić information content (AvgIpc) is 2.31. The first kappa shape index (κ1) is 17.2. The zero-order valence-corrected chi connectivity index (χ0v) is 11.9. The predicted octanol–water partition coefficient (Wildman–Crippen LogP) is 2.62. The molecule has 19 heavy (non-hydrogen) atoms. The van der Waals surface area contributed by atoms with Gasteiger partial charge in [-0.05, 0) is 6.42 Å². The van der Waals surface area contributed by atoms with Crippen molar-refractivity contribution in [1.82, 2.24) is 0 Å². The second kappa shape index (κ2) is 10.2. The predicted molar refractivity (Wildman–Crippen MR) is 73.2 cm³/mol. The van der Waals surface area contributed by atoms with Crippen molar-refractivity contribution in [2.45, 2.75) is 58.7 Å². The third-order valence-electron chi connectivity index (χ3n) is 2.25. The molecule has 0 aromatic rings. The lowest BCUT2D eigenvalue weighted by molar-refractivity contribution is -0.160. The highest BCUT2D eigenvalue weighted by Gasteiger charge is 2.24. The Kier molecular flexibility index (Phi) is 9.25. The quantitative estimate of drug-likeness (QED) is 0.307. The van der Waals surface area contributed by atoms with Crippen molar-refractivity contribution in [3.05, 3.63) is 12.7 Å². The number of unbranched alkanes of at least 4 members (excludes halogenated alkanes) is 2. The number of hydrogen-bond donors (Lipinski definition) is 0. The molecule has 0 aliphatic rings. The Bertz CT molecular complexity index is 362. The van der Waals surface area contributed by atoms with Gasteiger partial charge >= 0.3 is 11.9 Å². The largest absolute Gasteiger partial charge is 0.457 e. The van der Waals surface area contributed by atoms with E-state index in [1.165, 1.54) is 13.8 Å². The van der Waals surface area contributed by atoms with Gasteiger partial charge in [0.15, 0.2) is 12.2 Å². The Morgan fingerprint density at radius 1 is 1.26 bits per heavy atom. The highest BCUT2D eigenvalue weighted by atomic mass is 16.6. The van der Waals surface area contributed by atoms with Gasteiger partial charge in [-0.25, -0.2) is 0 Å². The van der Waals surface area contributed by atoms with Gasteiger partial charge in [0.05, 0.1) is 0 Å². The van der Waals surface area contributed by atoms with Crippen LogP contribution in [0.25, 0.3) is 0 Å². The minimum Gasteiger partial charge on any atom is -0.457 e. The number of hydrogen-bond acceptors (Lipinski definition) is 4. The molecule has 0 saturated carbocycles. The van der Waals surface area contributed by atoms with Crippen LogP contribution in [0, 0.1) is 11.8 Å². The van der Waals surface area contributed by atoms with Gasteiger partial charge in [0.2, 0.25) is 0 Å². The second-order valence-electron chi connectivity index (χ2n) is 4.13. The maximum atomic E-state index is 11.1. The molecule has 0 aliphatic heterocycles. The molecule has 0 fully saturated rings. The Labute approximate surface area is 115 Å². The fraction of sp³-hybridized carbons (Fsp3) is 0.600. The van der Waals surface area contributed by atoms with Crippen molar-refractivity contribution in [3.63, 3.8) is 0 Å². The highest BCUT2D eigenvalue weighted by molar-refractivity contribution is 5.67. The van der Waals surface area contributed by atoms with Crippen LogP contribution in [0.5, 0.6) is 0 Å². The fourth-order valence-corrected chi connectivity index (χ4v) is 1.43. The van der Waals surface area contributed by atoms with Crippen LogP contribution in [-0.4, -0.2) is 24.1 Å². The number of carbonyl (C=O) groups is 2. The average molecular weight is 266 g/mol. The second-order valence-corrected chi connectivity index (χ2v) is 4.13. The van der Waals surface area contributed by atoms with Crippen LogP contribution in [0.15, 0.2) is 12.7 Å². The molecular weight excluding hydrogens is 244 g/mol. The molecule has 0 amide bonds. The van der Waals surface area contributed by atoms with E-state index < -0.39 is 24.1 Å². The molecule has 0 N–H and O–H groups in total. The van der Waals surface area contributed by atoms with Gasteiger partial charge in [0.25, 0.3) is 0 Å². The van der Waals surface area contributed by atoms with Crippen molar-refractivity contribution >= 4 is 11.9 Å². The lowest BCUT2D eigenvalue weighted by atomic mass is 10.1. The van der Waals surface area contributed by atoms with E-state index in [1.807, 2.05) is 0 Å². The summed E-state index contributed by atoms with van der Waals surface area (Å²) in [6.07, 6.45) is 3.42. The van der Waals surface area contributed by atoms with Crippen molar-refractivity contribution in [1.29, 1.82) is 0 Å². The Balaban J connectivity index is 4.81. The molecule has 0 bridgehead atoms. The van der Waals surface area contributed by atoms with Crippen molar-refractivity contribution in [3.8, 4) is 11.8 Å². The van der Waals surface area contributed by atoms with E-state index in [0.717, 1.165) is 19.3 Å². The van der Waals surface area contributed by atoms with Gasteiger partial charge in [-0.3, -0.25) is 9.59 Å². The minimum absolute atomic E-state index is 0.389. The van der Waals surface area contributed by atoms with E-state index >= 15 is 0 Å². The standard InChI is InChI=1S/C15H22O4/c1-5-7-8-9-11-15(19-13(4)17)14(10-6-2)18-12(3)16/h6,14-15H,2,5,7-8,10H2,1,3-4H3/t14-,15-/m0/s1. The fourth-order valence-electron chi connectivity index (χ4n) is 1.43. The van der Waals surface area contributed by atoms with Crippen LogP contribution in [-0.2, 0) is 19.1 Å². The molecule has 0 heterocycles. The van der Waals surface area contributed by atoms with E-state index in [4.69, 9.17) is 9.47 Å². The minimum atomic E-state index is -0.740. The summed E-state index contributed by atoms with van der Waals surface area (Å²) in [6, 6.07) is 0. The van der Waals surface area contributed by atoms with E-state index in [9.17, 15) is 9.59 Å². The monoisotopic (exact) mass is 266 g/mol. The number of ether oxygens (including phenoxy) is 2. The molecule has 0 aliphatic carbocycles. The van der Waals surface area contributed by atoms with Crippen LogP contribution in [0.4, 0.5) is 0 Å². The summed E-state index contributed by atoms with van der Waals surface area (Å²) in [6.45, 7) is 8.29. The molecule has 2 atom stereocenters. The van der Waals surface area contributed by atoms with Gasteiger partial charge < -0.3 is 9.47 Å². The smallest absolute Gasteiger partial charge is 0.304 e. The van der Waals surface area contributed by atoms with Crippen LogP contribution in [0.1, 0.15) is 46.5 Å². The molecule has 4 nitrogen and oxygen atoms in total. The number of esters is 2. The zero-order valence-electron chi connectivity index (χ0n) is 11.9. The van der Waals surface area contributed by atoms with E-state index in [-0.39, 0.29) is 0 Å². The first-order chi connectivity index (χ1) is 9.01. The molecule has 0 unspecified atom stereocenters. The number of carbonyl (C=O) groups excluding carboxylic acids is 2. The topological polar surface area (TPSA) is 52.6 Å². The van der Waals surface area contributed by atoms with Crippen molar-refractivity contribution in [2.75, 3.05) is 0 Å². The summed E-state index contributed by atoms with van der Waals surface area (Å²) in [5.74, 6) is 4.93. The summed E-state index contributed by atoms with van der Waals surface area (Å²) in [4.78, 5) is 22.1. The first-order valence-corrected chi connectivity index (χ1v) is 6.45. The van der Waals surface area contributed by atoms with Gasteiger partial charge in [-0.2, -0.15) is 0 Å². The Hall–Kier alpha value is -1.76. The molecule has 0 spiro atoms. The van der Waals surface area contributed by atoms with Gasteiger partial charge in [-0.15, -0.1) is 6.58 Å². The van der Waals surface area contributed by atoms with E-state index in [0.29, 0.717) is 6.42 Å². The molecule has 0 aromatic carbocycles.